The zero-order valence-corrected chi connectivity index (χ0v) is 10.1. The lowest BCUT2D eigenvalue weighted by atomic mass is 9.95. The number of nitrogens with two attached hydrogens (primary N) is 1. The third kappa shape index (κ3) is 2.31. The number of primary amides is 1. The minimum absolute atomic E-state index is 0.326. The standard InChI is InChI=1S/C15H17NO/c1-2-3-6-12-10-9-11-7-4-5-8-13(11)14(12)15(16)17/h4-5,7-10H,2-3,6H2,1H3,(H2,16,17). The second kappa shape index (κ2) is 5.00. The zero-order chi connectivity index (χ0) is 12.3. The number of rotatable bonds is 4. The van der Waals surface area contributed by atoms with Crippen LogP contribution >= 0.6 is 0 Å². The molecule has 2 rings (SSSR count). The van der Waals surface area contributed by atoms with Crippen molar-refractivity contribution in [3.63, 3.8) is 0 Å². The molecule has 2 aromatic rings. The summed E-state index contributed by atoms with van der Waals surface area (Å²) in [7, 11) is 0. The Morgan fingerprint density at radius 2 is 1.94 bits per heavy atom. The molecule has 0 aliphatic carbocycles. The van der Waals surface area contributed by atoms with Crippen LogP contribution in [0, 0.1) is 0 Å². The van der Waals surface area contributed by atoms with Crippen molar-refractivity contribution >= 4 is 16.7 Å². The zero-order valence-electron chi connectivity index (χ0n) is 10.1. The van der Waals surface area contributed by atoms with E-state index in [2.05, 4.69) is 13.0 Å². The Labute approximate surface area is 101 Å². The number of benzene rings is 2. The molecule has 2 N–H and O–H groups in total. The quantitative estimate of drug-likeness (QED) is 0.855. The fraction of sp³-hybridized carbons (Fsp3) is 0.267. The predicted octanol–water partition coefficient (Wildman–Crippen LogP) is 3.28. The van der Waals surface area contributed by atoms with E-state index in [1.54, 1.807) is 0 Å². The van der Waals surface area contributed by atoms with Crippen molar-refractivity contribution < 1.29 is 4.79 Å². The highest BCUT2D eigenvalue weighted by Crippen LogP contribution is 2.23. The summed E-state index contributed by atoms with van der Waals surface area (Å²) in [6, 6.07) is 12.0. The summed E-state index contributed by atoms with van der Waals surface area (Å²) in [5, 5.41) is 2.04. The fourth-order valence-electron chi connectivity index (χ4n) is 2.18. The summed E-state index contributed by atoms with van der Waals surface area (Å²) < 4.78 is 0. The second-order valence-corrected chi connectivity index (χ2v) is 4.29. The van der Waals surface area contributed by atoms with Gasteiger partial charge in [0.15, 0.2) is 0 Å². The maximum absolute atomic E-state index is 11.6. The number of hydrogen-bond acceptors (Lipinski definition) is 1. The van der Waals surface area contributed by atoms with Gasteiger partial charge >= 0.3 is 0 Å². The van der Waals surface area contributed by atoms with Crippen molar-refractivity contribution in [2.24, 2.45) is 5.73 Å². The van der Waals surface area contributed by atoms with Crippen LogP contribution in [0.3, 0.4) is 0 Å². The Balaban J connectivity index is 2.60. The average Bonchev–Trinajstić information content (AvgIpc) is 2.35. The average molecular weight is 227 g/mol. The summed E-state index contributed by atoms with van der Waals surface area (Å²) in [4.78, 5) is 11.6. The van der Waals surface area contributed by atoms with Gasteiger partial charge in [-0.05, 0) is 29.2 Å². The van der Waals surface area contributed by atoms with Crippen molar-refractivity contribution in [2.45, 2.75) is 26.2 Å². The third-order valence-corrected chi connectivity index (χ3v) is 3.06. The van der Waals surface area contributed by atoms with Crippen LogP contribution in [0.1, 0.15) is 35.7 Å². The highest BCUT2D eigenvalue weighted by molar-refractivity contribution is 6.07. The topological polar surface area (TPSA) is 43.1 Å². The van der Waals surface area contributed by atoms with Gasteiger partial charge in [-0.3, -0.25) is 4.79 Å². The molecular weight excluding hydrogens is 210 g/mol. The van der Waals surface area contributed by atoms with Gasteiger partial charge < -0.3 is 5.73 Å². The Hall–Kier alpha value is -1.83. The number of carbonyl (C=O) groups is 1. The van der Waals surface area contributed by atoms with E-state index in [0.29, 0.717) is 5.56 Å². The van der Waals surface area contributed by atoms with Crippen LogP contribution in [-0.2, 0) is 6.42 Å². The minimum Gasteiger partial charge on any atom is -0.366 e. The first-order valence-corrected chi connectivity index (χ1v) is 6.04. The molecule has 88 valence electrons. The van der Waals surface area contributed by atoms with Gasteiger partial charge in [0.05, 0.1) is 5.56 Å². The molecule has 0 radical (unpaired) electrons. The first-order valence-electron chi connectivity index (χ1n) is 6.04. The smallest absolute Gasteiger partial charge is 0.249 e. The van der Waals surface area contributed by atoms with E-state index in [4.69, 9.17) is 5.73 Å². The Morgan fingerprint density at radius 1 is 1.18 bits per heavy atom. The molecule has 0 aromatic heterocycles. The van der Waals surface area contributed by atoms with Crippen molar-refractivity contribution in [2.75, 3.05) is 0 Å². The maximum atomic E-state index is 11.6. The molecule has 2 heteroatoms. The molecule has 0 fully saturated rings. The minimum atomic E-state index is -0.326. The molecular formula is C15H17NO. The van der Waals surface area contributed by atoms with Crippen LogP contribution in [0.5, 0.6) is 0 Å². The first-order chi connectivity index (χ1) is 8.24. The second-order valence-electron chi connectivity index (χ2n) is 4.29. The normalized spacial score (nSPS) is 10.6. The molecule has 1 amide bonds. The fourth-order valence-corrected chi connectivity index (χ4v) is 2.18. The van der Waals surface area contributed by atoms with Crippen molar-refractivity contribution in [1.29, 1.82) is 0 Å². The van der Waals surface area contributed by atoms with E-state index in [1.807, 2.05) is 30.3 Å². The molecule has 0 bridgehead atoms. The number of fused-ring (bicyclic) bond motifs is 1. The van der Waals surface area contributed by atoms with Gasteiger partial charge in [0, 0.05) is 0 Å². The molecule has 2 nitrogen and oxygen atoms in total. The van der Waals surface area contributed by atoms with Crippen molar-refractivity contribution in [1.82, 2.24) is 0 Å². The molecule has 0 atom stereocenters. The van der Waals surface area contributed by atoms with Crippen molar-refractivity contribution in [3.05, 3.63) is 47.5 Å². The highest BCUT2D eigenvalue weighted by Gasteiger charge is 2.11. The first kappa shape index (κ1) is 11.6. The van der Waals surface area contributed by atoms with E-state index in [0.717, 1.165) is 35.6 Å². The molecule has 0 heterocycles. The Bertz CT molecular complexity index is 546. The molecule has 17 heavy (non-hydrogen) atoms. The van der Waals surface area contributed by atoms with Crippen LogP contribution in [-0.4, -0.2) is 5.91 Å². The molecule has 0 spiro atoms. The lowest BCUT2D eigenvalue weighted by Crippen LogP contribution is -2.14. The lowest BCUT2D eigenvalue weighted by Gasteiger charge is -2.10. The van der Waals surface area contributed by atoms with Crippen LogP contribution < -0.4 is 5.73 Å². The van der Waals surface area contributed by atoms with E-state index in [9.17, 15) is 4.79 Å². The largest absolute Gasteiger partial charge is 0.366 e. The van der Waals surface area contributed by atoms with Gasteiger partial charge in [0.2, 0.25) is 5.91 Å². The van der Waals surface area contributed by atoms with Crippen LogP contribution in [0.25, 0.3) is 10.8 Å². The highest BCUT2D eigenvalue weighted by atomic mass is 16.1. The van der Waals surface area contributed by atoms with Crippen molar-refractivity contribution in [3.8, 4) is 0 Å². The van der Waals surface area contributed by atoms with Gasteiger partial charge in [0.1, 0.15) is 0 Å². The third-order valence-electron chi connectivity index (χ3n) is 3.06. The predicted molar refractivity (Wildman–Crippen MR) is 71.1 cm³/mol. The number of carbonyl (C=O) groups excluding carboxylic acids is 1. The Morgan fingerprint density at radius 3 is 2.65 bits per heavy atom. The van der Waals surface area contributed by atoms with Gasteiger partial charge in [-0.2, -0.15) is 0 Å². The van der Waals surface area contributed by atoms with Gasteiger partial charge in [-0.25, -0.2) is 0 Å². The summed E-state index contributed by atoms with van der Waals surface area (Å²) in [5.41, 5.74) is 7.27. The summed E-state index contributed by atoms with van der Waals surface area (Å²) in [6.07, 6.45) is 3.11. The van der Waals surface area contributed by atoms with Crippen LogP contribution in [0.4, 0.5) is 0 Å². The molecule has 0 aliphatic rings. The number of aryl methyl sites for hydroxylation is 1. The Kier molecular flexibility index (Phi) is 3.43. The van der Waals surface area contributed by atoms with E-state index in [-0.39, 0.29) is 5.91 Å². The number of unbranched alkanes of at least 4 members (excludes halogenated alkanes) is 1. The van der Waals surface area contributed by atoms with Crippen LogP contribution in [0.15, 0.2) is 36.4 Å². The monoisotopic (exact) mass is 227 g/mol. The SMILES string of the molecule is CCCCc1ccc2ccccc2c1C(N)=O. The van der Waals surface area contributed by atoms with E-state index < -0.39 is 0 Å². The molecule has 0 saturated heterocycles. The van der Waals surface area contributed by atoms with E-state index >= 15 is 0 Å². The van der Waals surface area contributed by atoms with Crippen LogP contribution in [0.2, 0.25) is 0 Å². The molecule has 0 unspecified atom stereocenters. The van der Waals surface area contributed by atoms with E-state index in [1.165, 1.54) is 0 Å². The number of hydrogen-bond donors (Lipinski definition) is 1. The summed E-state index contributed by atoms with van der Waals surface area (Å²) in [6.45, 7) is 2.14. The molecule has 2 aromatic carbocycles. The summed E-state index contributed by atoms with van der Waals surface area (Å²) in [5.74, 6) is -0.326. The number of amides is 1. The van der Waals surface area contributed by atoms with Gasteiger partial charge in [-0.15, -0.1) is 0 Å². The van der Waals surface area contributed by atoms with Gasteiger partial charge in [-0.1, -0.05) is 49.7 Å². The maximum Gasteiger partial charge on any atom is 0.249 e. The summed E-state index contributed by atoms with van der Waals surface area (Å²) >= 11 is 0. The molecule has 0 saturated carbocycles. The molecule has 0 aliphatic heterocycles. The van der Waals surface area contributed by atoms with Gasteiger partial charge in [0.25, 0.3) is 0 Å². The lowest BCUT2D eigenvalue weighted by molar-refractivity contribution is 0.100.